The van der Waals surface area contributed by atoms with Crippen LogP contribution in [0.3, 0.4) is 0 Å². The predicted molar refractivity (Wildman–Crippen MR) is 197 cm³/mol. The molecule has 0 bridgehead atoms. The Bertz CT molecular complexity index is 2010. The van der Waals surface area contributed by atoms with Crippen molar-refractivity contribution in [2.75, 3.05) is 93.2 Å². The number of anilines is 6. The van der Waals surface area contributed by atoms with Gasteiger partial charge in [0.25, 0.3) is 0 Å². The molecule has 2 aromatic carbocycles. The SMILES string of the molecule is COc1cc(N2CCC(N3CCN(C)CC3)CC2)c(-c2cnn(C)c2)cc1Nc1ncc(F)c(Nc2cc3c(cc2N(C)S(C)(=O)=O)CCO3)n1. The second kappa shape index (κ2) is 14.2. The van der Waals surface area contributed by atoms with E-state index in [1.807, 2.05) is 31.6 Å². The third-order valence-electron chi connectivity index (χ3n) is 10.1. The van der Waals surface area contributed by atoms with E-state index in [0.29, 0.717) is 47.6 Å². The maximum absolute atomic E-state index is 15.3. The summed E-state index contributed by atoms with van der Waals surface area (Å²) in [6.07, 6.45) is 8.80. The lowest BCUT2D eigenvalue weighted by molar-refractivity contribution is 0.0982. The van der Waals surface area contributed by atoms with Gasteiger partial charge >= 0.3 is 0 Å². The van der Waals surface area contributed by atoms with Crippen LogP contribution in [0.1, 0.15) is 18.4 Å². The monoisotopic (exact) mass is 720 g/mol. The number of fused-ring (bicyclic) bond motifs is 1. The molecule has 0 spiro atoms. The lowest BCUT2D eigenvalue weighted by Crippen LogP contribution is -2.52. The molecule has 0 amide bonds. The van der Waals surface area contributed by atoms with E-state index in [1.54, 1.807) is 23.9 Å². The molecule has 0 unspecified atom stereocenters. The Hall–Kier alpha value is -4.67. The number of aryl methyl sites for hydroxylation is 1. The number of piperazine rings is 1. The molecule has 2 saturated heterocycles. The summed E-state index contributed by atoms with van der Waals surface area (Å²) in [6, 6.07) is 8.01. The van der Waals surface area contributed by atoms with E-state index in [9.17, 15) is 8.42 Å². The maximum Gasteiger partial charge on any atom is 0.232 e. The van der Waals surface area contributed by atoms with Gasteiger partial charge in [-0.3, -0.25) is 13.9 Å². The second-order valence-corrected chi connectivity index (χ2v) is 15.5. The lowest BCUT2D eigenvalue weighted by atomic mass is 9.98. The maximum atomic E-state index is 15.3. The van der Waals surface area contributed by atoms with Crippen LogP contribution in [0, 0.1) is 5.82 Å². The van der Waals surface area contributed by atoms with Crippen molar-refractivity contribution in [3.8, 4) is 22.6 Å². The van der Waals surface area contributed by atoms with Crippen LogP contribution in [0.5, 0.6) is 11.5 Å². The summed E-state index contributed by atoms with van der Waals surface area (Å²) in [6.45, 7) is 6.75. The van der Waals surface area contributed by atoms with Crippen molar-refractivity contribution >= 4 is 44.5 Å². The number of hydrogen-bond donors (Lipinski definition) is 2. The van der Waals surface area contributed by atoms with E-state index < -0.39 is 15.8 Å². The Morgan fingerprint density at radius 2 is 1.76 bits per heavy atom. The molecular formula is C35H45FN10O4S. The summed E-state index contributed by atoms with van der Waals surface area (Å²) >= 11 is 0. The van der Waals surface area contributed by atoms with E-state index >= 15 is 4.39 Å². The summed E-state index contributed by atoms with van der Waals surface area (Å²) in [5.74, 6) is 0.444. The van der Waals surface area contributed by atoms with Crippen LogP contribution >= 0.6 is 0 Å². The standard InChI is InChI=1S/C35H45FN10O4S/c1-42-11-13-45(14-12-42)25-6-9-46(10-7-25)30-19-33(49-4)29(17-26(30)24-20-38-43(2)22-24)40-35-37-21-27(36)34(41-35)39-28-18-32-23(8-15-50-32)16-31(28)44(3)51(5,47)48/h16-22,25H,6-15H2,1-5H3,(H2,37,39,40,41). The van der Waals surface area contributed by atoms with E-state index in [2.05, 4.69) is 47.4 Å². The molecule has 7 rings (SSSR count). The number of ether oxygens (including phenoxy) is 2. The van der Waals surface area contributed by atoms with E-state index in [4.69, 9.17) is 9.47 Å². The number of piperidine rings is 1. The number of halogens is 1. The number of benzene rings is 2. The fourth-order valence-electron chi connectivity index (χ4n) is 7.06. The van der Waals surface area contributed by atoms with E-state index in [1.165, 1.54) is 7.05 Å². The minimum absolute atomic E-state index is 0.116. The average molecular weight is 721 g/mol. The first-order valence-electron chi connectivity index (χ1n) is 17.2. The van der Waals surface area contributed by atoms with Gasteiger partial charge in [-0.05, 0) is 37.6 Å². The van der Waals surface area contributed by atoms with Gasteiger partial charge < -0.3 is 29.9 Å². The van der Waals surface area contributed by atoms with E-state index in [0.717, 1.165) is 91.2 Å². The lowest BCUT2D eigenvalue weighted by Gasteiger charge is -2.43. The van der Waals surface area contributed by atoms with Crippen molar-refractivity contribution in [1.29, 1.82) is 0 Å². The second-order valence-electron chi connectivity index (χ2n) is 13.5. The number of nitrogens with one attached hydrogen (secondary N) is 2. The van der Waals surface area contributed by atoms with Crippen LogP contribution < -0.4 is 29.3 Å². The van der Waals surface area contributed by atoms with Crippen molar-refractivity contribution in [2.24, 2.45) is 7.05 Å². The fraction of sp³-hybridized carbons (Fsp3) is 0.457. The first-order valence-corrected chi connectivity index (χ1v) is 19.0. The number of likely N-dealkylation sites (N-methyl/N-ethyl adjacent to an activating group) is 1. The van der Waals surface area contributed by atoms with Crippen molar-refractivity contribution in [3.05, 3.63) is 54.2 Å². The molecule has 51 heavy (non-hydrogen) atoms. The van der Waals surface area contributed by atoms with Gasteiger partial charge in [0.15, 0.2) is 11.6 Å². The summed E-state index contributed by atoms with van der Waals surface area (Å²) in [7, 11) is 3.53. The highest BCUT2D eigenvalue weighted by Gasteiger charge is 2.29. The van der Waals surface area contributed by atoms with Crippen LogP contribution in [0.25, 0.3) is 11.1 Å². The summed E-state index contributed by atoms with van der Waals surface area (Å²) in [5.41, 5.74) is 5.10. The molecule has 2 aromatic heterocycles. The highest BCUT2D eigenvalue weighted by molar-refractivity contribution is 7.92. The van der Waals surface area contributed by atoms with Crippen LogP contribution in [-0.4, -0.2) is 117 Å². The molecule has 5 heterocycles. The quantitative estimate of drug-likeness (QED) is 0.245. The zero-order valence-corrected chi connectivity index (χ0v) is 30.5. The highest BCUT2D eigenvalue weighted by Crippen LogP contribution is 2.42. The van der Waals surface area contributed by atoms with Crippen molar-refractivity contribution in [1.82, 2.24) is 29.5 Å². The molecule has 16 heteroatoms. The van der Waals surface area contributed by atoms with E-state index in [-0.39, 0.29) is 11.8 Å². The molecule has 2 fully saturated rings. The molecule has 14 nitrogen and oxygen atoms in total. The molecular weight excluding hydrogens is 676 g/mol. The topological polar surface area (TPSA) is 133 Å². The zero-order chi connectivity index (χ0) is 35.9. The first kappa shape index (κ1) is 34.8. The smallest absolute Gasteiger partial charge is 0.232 e. The summed E-state index contributed by atoms with van der Waals surface area (Å²) in [4.78, 5) is 16.1. The number of aromatic nitrogens is 4. The van der Waals surface area contributed by atoms with Gasteiger partial charge in [-0.1, -0.05) is 0 Å². The Balaban J connectivity index is 1.18. The number of nitrogens with zero attached hydrogens (tertiary/aromatic N) is 8. The van der Waals surface area contributed by atoms with Gasteiger partial charge in [0.2, 0.25) is 16.0 Å². The number of sulfonamides is 1. The Kier molecular flexibility index (Phi) is 9.65. The summed E-state index contributed by atoms with van der Waals surface area (Å²) < 4.78 is 54.8. The summed E-state index contributed by atoms with van der Waals surface area (Å²) in [5, 5.41) is 10.7. The van der Waals surface area contributed by atoms with Crippen molar-refractivity contribution in [3.63, 3.8) is 0 Å². The van der Waals surface area contributed by atoms with Gasteiger partial charge in [-0.15, -0.1) is 0 Å². The Morgan fingerprint density at radius 1 is 1.00 bits per heavy atom. The Morgan fingerprint density at radius 3 is 2.45 bits per heavy atom. The van der Waals surface area contributed by atoms with Gasteiger partial charge in [-0.2, -0.15) is 10.1 Å². The highest BCUT2D eigenvalue weighted by atomic mass is 32.2. The van der Waals surface area contributed by atoms with Gasteiger partial charge in [0.05, 0.1) is 49.4 Å². The van der Waals surface area contributed by atoms with Crippen LogP contribution in [0.4, 0.5) is 38.9 Å². The minimum Gasteiger partial charge on any atom is -0.494 e. The molecule has 0 radical (unpaired) electrons. The molecule has 0 atom stereocenters. The van der Waals surface area contributed by atoms with Crippen molar-refractivity contribution < 1.29 is 22.3 Å². The molecule has 2 N–H and O–H groups in total. The molecule has 0 aliphatic carbocycles. The predicted octanol–water partition coefficient (Wildman–Crippen LogP) is 4.06. The van der Waals surface area contributed by atoms with Gasteiger partial charge in [-0.25, -0.2) is 17.8 Å². The average Bonchev–Trinajstić information content (AvgIpc) is 3.77. The largest absolute Gasteiger partial charge is 0.494 e. The number of hydrogen-bond acceptors (Lipinski definition) is 12. The Labute approximate surface area is 298 Å². The normalized spacial score (nSPS) is 17.3. The van der Waals surface area contributed by atoms with Gasteiger partial charge in [0, 0.05) is 101 Å². The third-order valence-corrected chi connectivity index (χ3v) is 11.3. The van der Waals surface area contributed by atoms with Gasteiger partial charge in [0.1, 0.15) is 11.5 Å². The number of methoxy groups -OCH3 is 1. The molecule has 272 valence electrons. The molecule has 3 aliphatic rings. The molecule has 3 aliphatic heterocycles. The third kappa shape index (κ3) is 7.39. The van der Waals surface area contributed by atoms with Crippen molar-refractivity contribution in [2.45, 2.75) is 25.3 Å². The first-order chi connectivity index (χ1) is 24.5. The molecule has 0 saturated carbocycles. The van der Waals surface area contributed by atoms with Crippen LogP contribution in [-0.2, 0) is 23.5 Å². The number of rotatable bonds is 10. The zero-order valence-electron chi connectivity index (χ0n) is 29.7. The van der Waals surface area contributed by atoms with Crippen LogP contribution in [0.15, 0.2) is 42.9 Å². The fourth-order valence-corrected chi connectivity index (χ4v) is 7.57. The van der Waals surface area contributed by atoms with Crippen LogP contribution in [0.2, 0.25) is 0 Å². The minimum atomic E-state index is -3.62. The molecule has 4 aromatic rings.